The summed E-state index contributed by atoms with van der Waals surface area (Å²) in [5, 5.41) is 7.91. The molecule has 0 saturated carbocycles. The molecule has 0 aliphatic heterocycles. The molecule has 0 aliphatic rings. The van der Waals surface area contributed by atoms with Crippen LogP contribution in [0.4, 0.5) is 0 Å². The Hall–Kier alpha value is -8.87. The first kappa shape index (κ1) is 35.7. The smallest absolute Gasteiger partial charge is 0.236 e. The van der Waals surface area contributed by atoms with E-state index in [0.717, 1.165) is 93.9 Å². The Balaban J connectivity index is 1.06. The molecule has 0 unspecified atom stereocenters. The van der Waals surface area contributed by atoms with Gasteiger partial charge in [0.25, 0.3) is 0 Å². The van der Waals surface area contributed by atoms with Crippen LogP contribution < -0.4 is 0 Å². The fourth-order valence-electron chi connectivity index (χ4n) is 10.3. The number of imidazole rings is 1. The van der Waals surface area contributed by atoms with Gasteiger partial charge in [0, 0.05) is 43.6 Å². The maximum Gasteiger partial charge on any atom is 0.236 e. The number of fused-ring (bicyclic) bond motifs is 14. The summed E-state index contributed by atoms with van der Waals surface area (Å²) in [6.07, 6.45) is 0. The highest BCUT2D eigenvalue weighted by Crippen LogP contribution is 2.43. The van der Waals surface area contributed by atoms with Crippen LogP contribution in [0.15, 0.2) is 218 Å². The second-order valence-electron chi connectivity index (χ2n) is 16.8. The van der Waals surface area contributed by atoms with Crippen molar-refractivity contribution in [2.24, 2.45) is 0 Å². The SMILES string of the molecule is c1ccc(-c2ccc(-c3nc(-n4c5ccc(-c6ccc7c(c6)c6ccccc6n7-c6ccccc6)cc5c5c6ccccc6c6nc7ccccc7n6c54)nc4ccccc34)cc2)cc1. The van der Waals surface area contributed by atoms with Crippen LogP contribution in [-0.2, 0) is 0 Å². The van der Waals surface area contributed by atoms with Crippen molar-refractivity contribution in [2.75, 3.05) is 0 Å². The topological polar surface area (TPSA) is 52.9 Å². The molecular weight excluding hydrogens is 793 g/mol. The van der Waals surface area contributed by atoms with Crippen molar-refractivity contribution in [3.8, 4) is 45.1 Å². The van der Waals surface area contributed by atoms with E-state index in [1.807, 2.05) is 0 Å². The van der Waals surface area contributed by atoms with E-state index >= 15 is 0 Å². The Morgan fingerprint density at radius 3 is 1.62 bits per heavy atom. The zero-order chi connectivity index (χ0) is 42.6. The molecule has 302 valence electrons. The Labute approximate surface area is 372 Å². The van der Waals surface area contributed by atoms with E-state index in [1.54, 1.807) is 0 Å². The predicted octanol–water partition coefficient (Wildman–Crippen LogP) is 14.8. The highest BCUT2D eigenvalue weighted by molar-refractivity contribution is 6.24. The average Bonchev–Trinajstić information content (AvgIpc) is 4.04. The number of pyridine rings is 1. The molecule has 0 amide bonds. The molecule has 0 spiro atoms. The molecule has 6 nitrogen and oxygen atoms in total. The first-order valence-electron chi connectivity index (χ1n) is 22.0. The van der Waals surface area contributed by atoms with Crippen molar-refractivity contribution < 1.29 is 0 Å². The van der Waals surface area contributed by atoms with E-state index in [4.69, 9.17) is 15.0 Å². The van der Waals surface area contributed by atoms with Crippen LogP contribution in [0.1, 0.15) is 0 Å². The maximum absolute atomic E-state index is 5.55. The van der Waals surface area contributed by atoms with Gasteiger partial charge in [-0.2, -0.15) is 0 Å². The van der Waals surface area contributed by atoms with E-state index in [1.165, 1.54) is 27.4 Å². The Morgan fingerprint density at radius 1 is 0.308 bits per heavy atom. The van der Waals surface area contributed by atoms with Gasteiger partial charge in [0.1, 0.15) is 11.3 Å². The number of aromatic nitrogens is 6. The van der Waals surface area contributed by atoms with Gasteiger partial charge in [0.05, 0.1) is 38.8 Å². The van der Waals surface area contributed by atoms with Crippen LogP contribution in [0, 0.1) is 0 Å². The second-order valence-corrected chi connectivity index (χ2v) is 16.8. The Morgan fingerprint density at radius 2 is 0.846 bits per heavy atom. The normalized spacial score (nSPS) is 12.0. The molecule has 0 atom stereocenters. The van der Waals surface area contributed by atoms with Crippen LogP contribution in [0.25, 0.3) is 127 Å². The third-order valence-electron chi connectivity index (χ3n) is 13.2. The zero-order valence-electron chi connectivity index (χ0n) is 35.0. The minimum Gasteiger partial charge on any atom is -0.309 e. The highest BCUT2D eigenvalue weighted by atomic mass is 15.2. The van der Waals surface area contributed by atoms with Crippen molar-refractivity contribution in [2.45, 2.75) is 0 Å². The first-order chi connectivity index (χ1) is 32.2. The van der Waals surface area contributed by atoms with E-state index in [2.05, 4.69) is 232 Å². The molecule has 5 heterocycles. The van der Waals surface area contributed by atoms with Gasteiger partial charge in [0.2, 0.25) is 5.95 Å². The van der Waals surface area contributed by atoms with Crippen molar-refractivity contribution in [1.82, 2.24) is 28.5 Å². The van der Waals surface area contributed by atoms with Gasteiger partial charge in [-0.25, -0.2) is 15.0 Å². The summed E-state index contributed by atoms with van der Waals surface area (Å²) < 4.78 is 6.96. The summed E-state index contributed by atoms with van der Waals surface area (Å²) in [7, 11) is 0. The number of nitrogens with zero attached hydrogens (tertiary/aromatic N) is 6. The third-order valence-corrected chi connectivity index (χ3v) is 13.2. The number of para-hydroxylation sites is 5. The monoisotopic (exact) mass is 828 g/mol. The molecule has 9 aromatic carbocycles. The summed E-state index contributed by atoms with van der Waals surface area (Å²) >= 11 is 0. The molecule has 6 heteroatoms. The van der Waals surface area contributed by atoms with Crippen LogP contribution in [0.3, 0.4) is 0 Å². The minimum atomic E-state index is 0.600. The van der Waals surface area contributed by atoms with Gasteiger partial charge >= 0.3 is 0 Å². The Kier molecular flexibility index (Phi) is 7.59. The number of hydrogen-bond acceptors (Lipinski definition) is 3. The molecule has 0 bridgehead atoms. The van der Waals surface area contributed by atoms with Gasteiger partial charge in [-0.3, -0.25) is 8.97 Å². The number of rotatable bonds is 5. The maximum atomic E-state index is 5.55. The predicted molar refractivity (Wildman–Crippen MR) is 268 cm³/mol. The van der Waals surface area contributed by atoms with E-state index < -0.39 is 0 Å². The van der Waals surface area contributed by atoms with Gasteiger partial charge in [-0.15, -0.1) is 0 Å². The molecule has 14 aromatic rings. The fraction of sp³-hybridized carbons (Fsp3) is 0. The molecular formula is C59H36N6. The van der Waals surface area contributed by atoms with Crippen LogP contribution in [-0.4, -0.2) is 28.5 Å². The number of hydrogen-bond donors (Lipinski definition) is 0. The lowest BCUT2D eigenvalue weighted by Crippen LogP contribution is -2.06. The van der Waals surface area contributed by atoms with Crippen LogP contribution >= 0.6 is 0 Å². The summed E-state index contributed by atoms with van der Waals surface area (Å²) in [6, 6.07) is 77.8. The lowest BCUT2D eigenvalue weighted by Gasteiger charge is -2.13. The zero-order valence-corrected chi connectivity index (χ0v) is 35.0. The van der Waals surface area contributed by atoms with Gasteiger partial charge in [0.15, 0.2) is 0 Å². The lowest BCUT2D eigenvalue weighted by atomic mass is 9.99. The van der Waals surface area contributed by atoms with E-state index in [-0.39, 0.29) is 0 Å². The molecule has 0 saturated heterocycles. The highest BCUT2D eigenvalue weighted by Gasteiger charge is 2.25. The van der Waals surface area contributed by atoms with Crippen LogP contribution in [0.2, 0.25) is 0 Å². The Bertz CT molecular complexity index is 4220. The fourth-order valence-corrected chi connectivity index (χ4v) is 10.3. The molecule has 14 rings (SSSR count). The summed E-state index contributed by atoms with van der Waals surface area (Å²) in [4.78, 5) is 16.3. The van der Waals surface area contributed by atoms with Gasteiger partial charge < -0.3 is 4.57 Å². The summed E-state index contributed by atoms with van der Waals surface area (Å²) in [5.41, 5.74) is 15.8. The van der Waals surface area contributed by atoms with E-state index in [9.17, 15) is 0 Å². The average molecular weight is 829 g/mol. The summed E-state index contributed by atoms with van der Waals surface area (Å²) in [5.74, 6) is 0.600. The standard InChI is InChI=1S/C59H36N6/c1-3-15-37(16-4-1)38-27-29-39(30-28-38)56-46-22-9-11-23-49(46)61-59(62-56)65-53-34-32-41(40-31-33-52-47(35-40)43-19-10-13-25-51(43)63(52)42-17-5-2-6-18-42)36-48(53)55-44-20-7-8-21-45(44)57-60-50-24-12-14-26-54(50)64(57)58(55)65/h1-36H. The second kappa shape index (κ2) is 13.8. The van der Waals surface area contributed by atoms with Gasteiger partial charge in [-0.05, 0) is 88.3 Å². The largest absolute Gasteiger partial charge is 0.309 e. The van der Waals surface area contributed by atoms with Crippen molar-refractivity contribution in [3.05, 3.63) is 218 Å². The quantitative estimate of drug-likeness (QED) is 0.174. The molecule has 0 N–H and O–H groups in total. The van der Waals surface area contributed by atoms with Gasteiger partial charge in [-0.1, -0.05) is 158 Å². The molecule has 0 aliphatic carbocycles. The molecule has 0 fully saturated rings. The van der Waals surface area contributed by atoms with E-state index in [0.29, 0.717) is 5.95 Å². The first-order valence-corrected chi connectivity index (χ1v) is 22.0. The molecule has 0 radical (unpaired) electrons. The molecule has 5 aromatic heterocycles. The number of benzene rings is 9. The van der Waals surface area contributed by atoms with Crippen molar-refractivity contribution in [3.63, 3.8) is 0 Å². The third kappa shape index (κ3) is 5.31. The molecule has 65 heavy (non-hydrogen) atoms. The lowest BCUT2D eigenvalue weighted by molar-refractivity contribution is 0.991. The minimum absolute atomic E-state index is 0.600. The van der Waals surface area contributed by atoms with Crippen molar-refractivity contribution in [1.29, 1.82) is 0 Å². The van der Waals surface area contributed by atoms with Crippen LogP contribution in [0.5, 0.6) is 0 Å². The summed E-state index contributed by atoms with van der Waals surface area (Å²) in [6.45, 7) is 0. The van der Waals surface area contributed by atoms with Crippen molar-refractivity contribution >= 4 is 82.1 Å².